The quantitative estimate of drug-likeness (QED) is 0.424. The van der Waals surface area contributed by atoms with E-state index in [4.69, 9.17) is 4.74 Å². The number of aromatic nitrogens is 4. The topological polar surface area (TPSA) is 64.9 Å². The van der Waals surface area contributed by atoms with E-state index < -0.39 is 0 Å². The Morgan fingerprint density at radius 1 is 1.00 bits per heavy atom. The molecule has 0 unspecified atom stereocenters. The Labute approximate surface area is 180 Å². The number of anilines is 1. The van der Waals surface area contributed by atoms with Crippen molar-refractivity contribution in [1.82, 2.24) is 20.0 Å². The fourth-order valence-electron chi connectivity index (χ4n) is 3.32. The standard InChI is InChI=1S/C24H24FN5O/c1-2-31-17-30-24(19-8-10-21(25)11-9-19)23(28-29-30)20-13-15-27-22(16-20)26-14-12-18-6-4-3-5-7-18/h3-11,13,15-16H,2,12,14,17H2,1H3,(H,26,27). The summed E-state index contributed by atoms with van der Waals surface area (Å²) < 4.78 is 20.7. The van der Waals surface area contributed by atoms with E-state index in [1.807, 2.05) is 37.3 Å². The van der Waals surface area contributed by atoms with Crippen LogP contribution in [0.2, 0.25) is 0 Å². The molecule has 1 N–H and O–H groups in total. The van der Waals surface area contributed by atoms with Crippen LogP contribution >= 0.6 is 0 Å². The van der Waals surface area contributed by atoms with Gasteiger partial charge < -0.3 is 10.1 Å². The molecule has 0 saturated heterocycles. The van der Waals surface area contributed by atoms with Gasteiger partial charge in [0.15, 0.2) is 0 Å². The van der Waals surface area contributed by atoms with Crippen molar-refractivity contribution in [3.05, 3.63) is 84.3 Å². The van der Waals surface area contributed by atoms with Gasteiger partial charge in [-0.25, -0.2) is 14.1 Å². The lowest BCUT2D eigenvalue weighted by molar-refractivity contribution is 0.0790. The predicted octanol–water partition coefficient (Wildman–Crippen LogP) is 4.79. The third-order valence-corrected chi connectivity index (χ3v) is 4.87. The van der Waals surface area contributed by atoms with Crippen molar-refractivity contribution in [3.8, 4) is 22.5 Å². The highest BCUT2D eigenvalue weighted by Gasteiger charge is 2.17. The van der Waals surface area contributed by atoms with Crippen LogP contribution in [0.15, 0.2) is 72.9 Å². The SMILES string of the molecule is CCOCn1nnc(-c2ccnc(NCCc3ccccc3)c2)c1-c1ccc(F)cc1. The molecule has 0 spiro atoms. The van der Waals surface area contributed by atoms with Crippen LogP contribution in [-0.2, 0) is 17.9 Å². The maximum absolute atomic E-state index is 13.5. The number of nitrogens with zero attached hydrogens (tertiary/aromatic N) is 4. The number of hydrogen-bond acceptors (Lipinski definition) is 5. The Morgan fingerprint density at radius 2 is 1.81 bits per heavy atom. The second-order valence-electron chi connectivity index (χ2n) is 7.01. The van der Waals surface area contributed by atoms with Gasteiger partial charge in [-0.3, -0.25) is 0 Å². The maximum atomic E-state index is 13.5. The van der Waals surface area contributed by atoms with Gasteiger partial charge in [0.1, 0.15) is 24.1 Å². The summed E-state index contributed by atoms with van der Waals surface area (Å²) in [5.74, 6) is 0.473. The molecule has 0 fully saturated rings. The van der Waals surface area contributed by atoms with E-state index in [-0.39, 0.29) is 12.5 Å². The second kappa shape index (κ2) is 9.95. The molecule has 158 valence electrons. The van der Waals surface area contributed by atoms with Gasteiger partial charge in [-0.1, -0.05) is 35.5 Å². The van der Waals surface area contributed by atoms with Crippen LogP contribution in [0.1, 0.15) is 12.5 Å². The molecule has 31 heavy (non-hydrogen) atoms. The Kier molecular flexibility index (Phi) is 6.64. The molecule has 0 radical (unpaired) electrons. The average molecular weight is 417 g/mol. The lowest BCUT2D eigenvalue weighted by atomic mass is 10.1. The first-order chi connectivity index (χ1) is 15.2. The Hall–Kier alpha value is -3.58. The van der Waals surface area contributed by atoms with E-state index >= 15 is 0 Å². The number of hydrogen-bond donors (Lipinski definition) is 1. The van der Waals surface area contributed by atoms with Crippen molar-refractivity contribution in [3.63, 3.8) is 0 Å². The lowest BCUT2D eigenvalue weighted by Crippen LogP contribution is -2.07. The molecule has 6 nitrogen and oxygen atoms in total. The average Bonchev–Trinajstić information content (AvgIpc) is 3.23. The third kappa shape index (κ3) is 5.13. The molecule has 2 heterocycles. The Bertz CT molecular complexity index is 1110. The third-order valence-electron chi connectivity index (χ3n) is 4.87. The number of pyridine rings is 1. The van der Waals surface area contributed by atoms with E-state index in [0.717, 1.165) is 35.6 Å². The first kappa shape index (κ1) is 20.7. The summed E-state index contributed by atoms with van der Waals surface area (Å²) >= 11 is 0. The van der Waals surface area contributed by atoms with Gasteiger partial charge in [-0.05, 0) is 55.3 Å². The maximum Gasteiger partial charge on any atom is 0.141 e. The fourth-order valence-corrected chi connectivity index (χ4v) is 3.32. The van der Waals surface area contributed by atoms with Crippen LogP contribution in [0.4, 0.5) is 10.2 Å². The number of halogens is 1. The minimum atomic E-state index is -0.289. The molecule has 7 heteroatoms. The monoisotopic (exact) mass is 417 g/mol. The molecular weight excluding hydrogens is 393 g/mol. The molecule has 0 aliphatic rings. The molecule has 0 bridgehead atoms. The zero-order valence-corrected chi connectivity index (χ0v) is 17.3. The van der Waals surface area contributed by atoms with Crippen LogP contribution < -0.4 is 5.32 Å². The first-order valence-electron chi connectivity index (χ1n) is 10.3. The van der Waals surface area contributed by atoms with E-state index in [0.29, 0.717) is 12.3 Å². The minimum Gasteiger partial charge on any atom is -0.370 e. The van der Waals surface area contributed by atoms with Gasteiger partial charge in [0, 0.05) is 30.5 Å². The summed E-state index contributed by atoms with van der Waals surface area (Å²) in [6.45, 7) is 3.51. The molecule has 2 aromatic heterocycles. The van der Waals surface area contributed by atoms with E-state index in [1.54, 1.807) is 23.0 Å². The normalized spacial score (nSPS) is 10.9. The van der Waals surface area contributed by atoms with Crippen LogP contribution in [0, 0.1) is 5.82 Å². The van der Waals surface area contributed by atoms with Gasteiger partial charge in [0.25, 0.3) is 0 Å². The Balaban J connectivity index is 1.59. The molecule has 0 saturated carbocycles. The van der Waals surface area contributed by atoms with Crippen LogP contribution in [0.3, 0.4) is 0 Å². The molecule has 4 aromatic rings. The molecule has 0 amide bonds. The number of rotatable bonds is 9. The molecule has 0 aliphatic carbocycles. The van der Waals surface area contributed by atoms with Gasteiger partial charge >= 0.3 is 0 Å². The predicted molar refractivity (Wildman–Crippen MR) is 119 cm³/mol. The summed E-state index contributed by atoms with van der Waals surface area (Å²) in [5, 5.41) is 12.0. The summed E-state index contributed by atoms with van der Waals surface area (Å²) in [5.41, 5.74) is 4.43. The zero-order chi connectivity index (χ0) is 21.5. The zero-order valence-electron chi connectivity index (χ0n) is 17.3. The van der Waals surface area contributed by atoms with Crippen LogP contribution in [0.5, 0.6) is 0 Å². The molecule has 0 aliphatic heterocycles. The second-order valence-corrected chi connectivity index (χ2v) is 7.01. The fraction of sp³-hybridized carbons (Fsp3) is 0.208. The molecular formula is C24H24FN5O. The lowest BCUT2D eigenvalue weighted by Gasteiger charge is -2.10. The number of ether oxygens (including phenoxy) is 1. The Morgan fingerprint density at radius 3 is 2.58 bits per heavy atom. The molecule has 2 aromatic carbocycles. The molecule has 4 rings (SSSR count). The van der Waals surface area contributed by atoms with Gasteiger partial charge in [0.2, 0.25) is 0 Å². The van der Waals surface area contributed by atoms with Gasteiger partial charge in [-0.15, -0.1) is 5.10 Å². The van der Waals surface area contributed by atoms with Crippen molar-refractivity contribution >= 4 is 5.82 Å². The van der Waals surface area contributed by atoms with Gasteiger partial charge in [0.05, 0.1) is 5.69 Å². The first-order valence-corrected chi connectivity index (χ1v) is 10.3. The van der Waals surface area contributed by atoms with Crippen molar-refractivity contribution in [1.29, 1.82) is 0 Å². The minimum absolute atomic E-state index is 0.267. The summed E-state index contributed by atoms with van der Waals surface area (Å²) in [4.78, 5) is 4.43. The summed E-state index contributed by atoms with van der Waals surface area (Å²) in [6.07, 6.45) is 2.65. The smallest absolute Gasteiger partial charge is 0.141 e. The highest BCUT2D eigenvalue weighted by molar-refractivity contribution is 5.78. The van der Waals surface area contributed by atoms with Crippen molar-refractivity contribution in [2.45, 2.75) is 20.1 Å². The van der Waals surface area contributed by atoms with E-state index in [1.165, 1.54) is 17.7 Å². The van der Waals surface area contributed by atoms with Crippen LogP contribution in [-0.4, -0.2) is 33.1 Å². The van der Waals surface area contributed by atoms with Crippen LogP contribution in [0.25, 0.3) is 22.5 Å². The van der Waals surface area contributed by atoms with Gasteiger partial charge in [-0.2, -0.15) is 0 Å². The highest BCUT2D eigenvalue weighted by atomic mass is 19.1. The van der Waals surface area contributed by atoms with E-state index in [9.17, 15) is 4.39 Å². The van der Waals surface area contributed by atoms with Crippen molar-refractivity contribution in [2.24, 2.45) is 0 Å². The molecule has 0 atom stereocenters. The number of nitrogens with one attached hydrogen (secondary N) is 1. The largest absolute Gasteiger partial charge is 0.370 e. The van der Waals surface area contributed by atoms with Crippen molar-refractivity contribution < 1.29 is 9.13 Å². The summed E-state index contributed by atoms with van der Waals surface area (Å²) in [6, 6.07) is 20.5. The van der Waals surface area contributed by atoms with E-state index in [2.05, 4.69) is 32.7 Å². The highest BCUT2D eigenvalue weighted by Crippen LogP contribution is 2.31. The summed E-state index contributed by atoms with van der Waals surface area (Å²) in [7, 11) is 0. The van der Waals surface area contributed by atoms with Crippen molar-refractivity contribution in [2.75, 3.05) is 18.5 Å². The number of benzene rings is 2.